The lowest BCUT2D eigenvalue weighted by atomic mass is 9.89. The van der Waals surface area contributed by atoms with Crippen LogP contribution >= 0.6 is 0 Å². The van der Waals surface area contributed by atoms with Gasteiger partial charge in [0.2, 0.25) is 0 Å². The zero-order chi connectivity index (χ0) is 19.7. The van der Waals surface area contributed by atoms with Gasteiger partial charge in [0.05, 0.1) is 11.1 Å². The number of Topliss-reactive ketones (excluding diaryl/α,β-unsaturated/α-hetero) is 1. The van der Waals surface area contributed by atoms with E-state index in [2.05, 4.69) is 0 Å². The minimum atomic E-state index is -4.40. The smallest absolute Gasteiger partial charge is 0.416 e. The third kappa shape index (κ3) is 3.43. The van der Waals surface area contributed by atoms with Crippen LogP contribution in [0.4, 0.5) is 13.2 Å². The lowest BCUT2D eigenvalue weighted by Gasteiger charge is -2.28. The van der Waals surface area contributed by atoms with Crippen molar-refractivity contribution in [1.29, 1.82) is 0 Å². The second kappa shape index (κ2) is 7.00. The number of hydrogen-bond donors (Lipinski definition) is 0. The van der Waals surface area contributed by atoms with E-state index < -0.39 is 17.8 Å². The maximum absolute atomic E-state index is 13.1. The molecule has 0 fully saturated rings. The van der Waals surface area contributed by atoms with Gasteiger partial charge >= 0.3 is 6.18 Å². The number of fused-ring (bicyclic) bond motifs is 1. The molecule has 28 heavy (non-hydrogen) atoms. The molecular weight excluding hydrogens is 365 g/mol. The molecule has 0 aromatic heterocycles. The van der Waals surface area contributed by atoms with Crippen molar-refractivity contribution < 1.29 is 22.7 Å². The van der Waals surface area contributed by atoms with Gasteiger partial charge in [0.1, 0.15) is 5.75 Å². The predicted molar refractivity (Wildman–Crippen MR) is 100 cm³/mol. The molecule has 0 radical (unpaired) electrons. The van der Waals surface area contributed by atoms with Crippen molar-refractivity contribution in [1.82, 2.24) is 0 Å². The van der Waals surface area contributed by atoms with Gasteiger partial charge in [0.25, 0.3) is 0 Å². The highest BCUT2D eigenvalue weighted by atomic mass is 19.4. The zero-order valence-corrected chi connectivity index (χ0v) is 14.6. The molecular formula is C23H15F3O2. The van der Waals surface area contributed by atoms with Gasteiger partial charge in [0.15, 0.2) is 11.9 Å². The number of para-hydroxylation sites is 1. The summed E-state index contributed by atoms with van der Waals surface area (Å²) in [6.45, 7) is 0. The first-order chi connectivity index (χ1) is 13.4. The van der Waals surface area contributed by atoms with E-state index in [0.29, 0.717) is 22.4 Å². The van der Waals surface area contributed by atoms with Crippen molar-refractivity contribution in [3.63, 3.8) is 0 Å². The van der Waals surface area contributed by atoms with Crippen LogP contribution in [0.2, 0.25) is 0 Å². The SMILES string of the molecule is O=C1/C(=C/c2ccc(C(F)(F)F)cc2)[C@@H](c2ccccc2)Oc2ccccc21. The number of carbonyl (C=O) groups excluding carboxylic acids is 1. The maximum Gasteiger partial charge on any atom is 0.416 e. The quantitative estimate of drug-likeness (QED) is 0.502. The Morgan fingerprint density at radius 3 is 2.14 bits per heavy atom. The lowest BCUT2D eigenvalue weighted by molar-refractivity contribution is -0.137. The minimum Gasteiger partial charge on any atom is -0.480 e. The summed E-state index contributed by atoms with van der Waals surface area (Å²) in [5.74, 6) is 0.293. The summed E-state index contributed by atoms with van der Waals surface area (Å²) in [7, 11) is 0. The van der Waals surface area contributed by atoms with Gasteiger partial charge in [0, 0.05) is 5.57 Å². The van der Waals surface area contributed by atoms with Gasteiger partial charge in [-0.2, -0.15) is 13.2 Å². The van der Waals surface area contributed by atoms with Crippen LogP contribution in [-0.4, -0.2) is 5.78 Å². The van der Waals surface area contributed by atoms with Gasteiger partial charge in [-0.3, -0.25) is 4.79 Å². The van der Waals surface area contributed by atoms with Crippen molar-refractivity contribution >= 4 is 11.9 Å². The Morgan fingerprint density at radius 1 is 0.821 bits per heavy atom. The fourth-order valence-electron chi connectivity index (χ4n) is 3.19. The maximum atomic E-state index is 13.1. The molecule has 140 valence electrons. The number of hydrogen-bond acceptors (Lipinski definition) is 2. The summed E-state index contributed by atoms with van der Waals surface area (Å²) >= 11 is 0. The first-order valence-corrected chi connectivity index (χ1v) is 8.67. The van der Waals surface area contributed by atoms with Crippen molar-refractivity contribution in [3.8, 4) is 5.75 Å². The standard InChI is InChI=1S/C23H15F3O2/c24-23(25,26)17-12-10-15(11-13-17)14-19-21(27)18-8-4-5-9-20(18)28-22(19)16-6-2-1-3-7-16/h1-14,22H/b19-14-/t22-/m1/s1. The first kappa shape index (κ1) is 18.0. The molecule has 0 saturated heterocycles. The van der Waals surface area contributed by atoms with Crippen molar-refractivity contribution in [2.24, 2.45) is 0 Å². The Kier molecular flexibility index (Phi) is 4.51. The number of halogens is 3. The highest BCUT2D eigenvalue weighted by Gasteiger charge is 2.33. The first-order valence-electron chi connectivity index (χ1n) is 8.67. The van der Waals surface area contributed by atoms with Crippen LogP contribution < -0.4 is 4.74 Å². The normalized spacial score (nSPS) is 17.9. The van der Waals surface area contributed by atoms with Crippen molar-refractivity contribution in [3.05, 3.63) is 107 Å². The van der Waals surface area contributed by atoms with E-state index in [4.69, 9.17) is 4.74 Å². The molecule has 1 heterocycles. The topological polar surface area (TPSA) is 26.3 Å². The highest BCUT2D eigenvalue weighted by molar-refractivity contribution is 6.14. The number of carbonyl (C=O) groups is 1. The van der Waals surface area contributed by atoms with E-state index in [-0.39, 0.29) is 5.78 Å². The molecule has 1 atom stereocenters. The molecule has 1 aliphatic rings. The van der Waals surface area contributed by atoms with Gasteiger partial charge in [-0.05, 0) is 41.5 Å². The Balaban J connectivity index is 1.79. The molecule has 4 rings (SSSR count). The minimum absolute atomic E-state index is 0.199. The van der Waals surface area contributed by atoms with Crippen LogP contribution in [0.3, 0.4) is 0 Å². The van der Waals surface area contributed by atoms with E-state index in [0.717, 1.165) is 17.7 Å². The van der Waals surface area contributed by atoms with E-state index in [1.54, 1.807) is 30.3 Å². The molecule has 0 spiro atoms. The van der Waals surface area contributed by atoms with Gasteiger partial charge in [-0.25, -0.2) is 0 Å². The number of alkyl halides is 3. The zero-order valence-electron chi connectivity index (χ0n) is 14.6. The number of rotatable bonds is 2. The second-order valence-electron chi connectivity index (χ2n) is 6.45. The molecule has 5 heteroatoms. The Hall–Kier alpha value is -3.34. The summed E-state index contributed by atoms with van der Waals surface area (Å²) in [5, 5.41) is 0. The van der Waals surface area contributed by atoms with Crippen LogP contribution in [0.1, 0.15) is 33.2 Å². The van der Waals surface area contributed by atoms with Crippen LogP contribution in [0.25, 0.3) is 6.08 Å². The van der Waals surface area contributed by atoms with E-state index in [1.807, 2.05) is 30.3 Å². The summed E-state index contributed by atoms with van der Waals surface area (Å²) in [6, 6.07) is 20.9. The molecule has 2 nitrogen and oxygen atoms in total. The summed E-state index contributed by atoms with van der Waals surface area (Å²) in [6.07, 6.45) is -3.44. The second-order valence-corrected chi connectivity index (χ2v) is 6.45. The Morgan fingerprint density at radius 2 is 1.46 bits per heavy atom. The largest absolute Gasteiger partial charge is 0.480 e. The van der Waals surface area contributed by atoms with Crippen LogP contribution in [0.5, 0.6) is 5.75 Å². The summed E-state index contributed by atoms with van der Waals surface area (Å²) < 4.78 is 44.5. The average molecular weight is 380 g/mol. The molecule has 3 aromatic carbocycles. The molecule has 0 saturated carbocycles. The fraction of sp³-hybridized carbons (Fsp3) is 0.0870. The Bertz CT molecular complexity index is 1040. The van der Waals surface area contributed by atoms with Crippen LogP contribution in [0.15, 0.2) is 84.4 Å². The molecule has 0 aliphatic carbocycles. The van der Waals surface area contributed by atoms with E-state index in [1.165, 1.54) is 12.1 Å². The van der Waals surface area contributed by atoms with Gasteiger partial charge in [-0.15, -0.1) is 0 Å². The molecule has 3 aromatic rings. The average Bonchev–Trinajstić information content (AvgIpc) is 2.70. The molecule has 0 N–H and O–H groups in total. The fourth-order valence-corrected chi connectivity index (χ4v) is 3.19. The summed E-state index contributed by atoms with van der Waals surface area (Å²) in [5.41, 5.74) is 1.38. The monoisotopic (exact) mass is 380 g/mol. The number of ketones is 1. The third-order valence-corrected chi connectivity index (χ3v) is 4.58. The molecule has 0 amide bonds. The van der Waals surface area contributed by atoms with Crippen LogP contribution in [-0.2, 0) is 6.18 Å². The number of ether oxygens (including phenoxy) is 1. The molecule has 0 unspecified atom stereocenters. The van der Waals surface area contributed by atoms with Crippen LogP contribution in [0, 0.1) is 0 Å². The lowest BCUT2D eigenvalue weighted by Crippen LogP contribution is -2.23. The third-order valence-electron chi connectivity index (χ3n) is 4.58. The van der Waals surface area contributed by atoms with Crippen molar-refractivity contribution in [2.75, 3.05) is 0 Å². The van der Waals surface area contributed by atoms with Gasteiger partial charge < -0.3 is 4.74 Å². The van der Waals surface area contributed by atoms with E-state index >= 15 is 0 Å². The Labute approximate surface area is 159 Å². The van der Waals surface area contributed by atoms with Gasteiger partial charge in [-0.1, -0.05) is 54.6 Å². The highest BCUT2D eigenvalue weighted by Crippen LogP contribution is 2.39. The molecule has 0 bridgehead atoms. The number of benzene rings is 3. The molecule has 1 aliphatic heterocycles. The summed E-state index contributed by atoms with van der Waals surface area (Å²) in [4.78, 5) is 13.1. The predicted octanol–water partition coefficient (Wildman–Crippen LogP) is 6.11. The van der Waals surface area contributed by atoms with Crippen molar-refractivity contribution in [2.45, 2.75) is 12.3 Å². The van der Waals surface area contributed by atoms with E-state index in [9.17, 15) is 18.0 Å².